The van der Waals surface area contributed by atoms with Crippen LogP contribution in [0.4, 0.5) is 0 Å². The van der Waals surface area contributed by atoms with Gasteiger partial charge >= 0.3 is 0 Å². The molecule has 0 spiro atoms. The standard InChI is InChI=1S/C11H17Cl/c1-6-10(11(12)7-2)9(5)8(3)4/h7-8H,2,5-6H2,1,3-4H3/b11-10+. The smallest absolute Gasteiger partial charge is 0.0434 e. The SMILES string of the molecule is C=C/C(Cl)=C(/CC)C(=C)C(C)C. The van der Waals surface area contributed by atoms with Crippen molar-refractivity contribution in [2.45, 2.75) is 27.2 Å². The Kier molecular flexibility index (Phi) is 5.00. The second-order valence-corrected chi connectivity index (χ2v) is 3.47. The summed E-state index contributed by atoms with van der Waals surface area (Å²) < 4.78 is 0. The first kappa shape index (κ1) is 11.5. The number of hydrogen-bond acceptors (Lipinski definition) is 0. The minimum atomic E-state index is 0.452. The van der Waals surface area contributed by atoms with Gasteiger partial charge in [0, 0.05) is 5.03 Å². The Balaban J connectivity index is 4.79. The first-order chi connectivity index (χ1) is 5.54. The van der Waals surface area contributed by atoms with Gasteiger partial charge in [-0.1, -0.05) is 51.6 Å². The average molecular weight is 185 g/mol. The van der Waals surface area contributed by atoms with Crippen molar-refractivity contribution in [3.63, 3.8) is 0 Å². The molecule has 0 aromatic rings. The van der Waals surface area contributed by atoms with E-state index in [9.17, 15) is 0 Å². The predicted octanol–water partition coefficient (Wildman–Crippen LogP) is 4.29. The van der Waals surface area contributed by atoms with Crippen molar-refractivity contribution in [2.75, 3.05) is 0 Å². The monoisotopic (exact) mass is 184 g/mol. The lowest BCUT2D eigenvalue weighted by molar-refractivity contribution is 0.770. The van der Waals surface area contributed by atoms with Crippen molar-refractivity contribution >= 4 is 11.6 Å². The average Bonchev–Trinajstić information content (AvgIpc) is 2.05. The molecule has 0 aliphatic rings. The van der Waals surface area contributed by atoms with Gasteiger partial charge < -0.3 is 0 Å². The Morgan fingerprint density at radius 1 is 1.50 bits per heavy atom. The van der Waals surface area contributed by atoms with Gasteiger partial charge in [0.2, 0.25) is 0 Å². The topological polar surface area (TPSA) is 0 Å². The molecule has 0 saturated heterocycles. The van der Waals surface area contributed by atoms with E-state index in [0.717, 1.165) is 22.6 Å². The highest BCUT2D eigenvalue weighted by Crippen LogP contribution is 2.25. The molecule has 0 aliphatic heterocycles. The Morgan fingerprint density at radius 3 is 2.25 bits per heavy atom. The third kappa shape index (κ3) is 2.86. The maximum absolute atomic E-state index is 5.97. The Hall–Kier alpha value is -0.490. The zero-order chi connectivity index (χ0) is 9.72. The van der Waals surface area contributed by atoms with E-state index in [0.29, 0.717) is 5.92 Å². The van der Waals surface area contributed by atoms with Crippen LogP contribution in [-0.2, 0) is 0 Å². The summed E-state index contributed by atoms with van der Waals surface area (Å²) in [5, 5.41) is 0.733. The highest BCUT2D eigenvalue weighted by atomic mass is 35.5. The van der Waals surface area contributed by atoms with E-state index in [2.05, 4.69) is 33.9 Å². The maximum Gasteiger partial charge on any atom is 0.0434 e. The summed E-state index contributed by atoms with van der Waals surface area (Å²) in [6.45, 7) is 14.0. The van der Waals surface area contributed by atoms with Crippen molar-refractivity contribution in [3.05, 3.63) is 35.4 Å². The lowest BCUT2D eigenvalue weighted by atomic mass is 9.95. The zero-order valence-electron chi connectivity index (χ0n) is 8.15. The van der Waals surface area contributed by atoms with Gasteiger partial charge in [0.1, 0.15) is 0 Å². The summed E-state index contributed by atoms with van der Waals surface area (Å²) in [7, 11) is 0. The van der Waals surface area contributed by atoms with Crippen LogP contribution in [0.2, 0.25) is 0 Å². The maximum atomic E-state index is 5.97. The first-order valence-electron chi connectivity index (χ1n) is 4.24. The van der Waals surface area contributed by atoms with Crippen LogP contribution in [0.25, 0.3) is 0 Å². The molecule has 0 aromatic carbocycles. The van der Waals surface area contributed by atoms with E-state index in [1.165, 1.54) is 0 Å². The van der Waals surface area contributed by atoms with E-state index in [-0.39, 0.29) is 0 Å². The molecule has 0 amide bonds. The van der Waals surface area contributed by atoms with E-state index in [1.807, 2.05) is 0 Å². The molecule has 68 valence electrons. The largest absolute Gasteiger partial charge is 0.0976 e. The Labute approximate surface area is 80.6 Å². The predicted molar refractivity (Wildman–Crippen MR) is 57.3 cm³/mol. The van der Waals surface area contributed by atoms with Gasteiger partial charge in [-0.3, -0.25) is 0 Å². The van der Waals surface area contributed by atoms with Gasteiger partial charge in [-0.2, -0.15) is 0 Å². The zero-order valence-corrected chi connectivity index (χ0v) is 8.91. The molecule has 0 nitrogen and oxygen atoms in total. The van der Waals surface area contributed by atoms with Crippen LogP contribution in [0.1, 0.15) is 27.2 Å². The molecule has 12 heavy (non-hydrogen) atoms. The summed E-state index contributed by atoms with van der Waals surface area (Å²) in [5.74, 6) is 0.452. The molecule has 0 aromatic heterocycles. The fraction of sp³-hybridized carbons (Fsp3) is 0.455. The van der Waals surface area contributed by atoms with Crippen LogP contribution < -0.4 is 0 Å². The van der Waals surface area contributed by atoms with E-state index >= 15 is 0 Å². The summed E-state index contributed by atoms with van der Waals surface area (Å²) in [6, 6.07) is 0. The molecule has 0 rings (SSSR count). The lowest BCUT2D eigenvalue weighted by Crippen LogP contribution is -1.97. The molecule has 0 radical (unpaired) electrons. The van der Waals surface area contributed by atoms with Crippen molar-refractivity contribution < 1.29 is 0 Å². The quantitative estimate of drug-likeness (QED) is 0.572. The summed E-state index contributed by atoms with van der Waals surface area (Å²) >= 11 is 5.97. The van der Waals surface area contributed by atoms with Gasteiger partial charge in [0.05, 0.1) is 0 Å². The first-order valence-corrected chi connectivity index (χ1v) is 4.62. The molecule has 0 aliphatic carbocycles. The number of hydrogen-bond donors (Lipinski definition) is 0. The number of halogens is 1. The normalized spacial score (nSPS) is 12.8. The van der Waals surface area contributed by atoms with E-state index in [1.54, 1.807) is 6.08 Å². The molecular weight excluding hydrogens is 168 g/mol. The van der Waals surface area contributed by atoms with Crippen LogP contribution in [0.5, 0.6) is 0 Å². The second-order valence-electron chi connectivity index (χ2n) is 3.06. The Bertz CT molecular complexity index is 209. The fourth-order valence-corrected chi connectivity index (χ4v) is 1.28. The molecule has 0 N–H and O–H groups in total. The van der Waals surface area contributed by atoms with Crippen molar-refractivity contribution in [3.8, 4) is 0 Å². The van der Waals surface area contributed by atoms with Gasteiger partial charge in [-0.25, -0.2) is 0 Å². The number of rotatable bonds is 4. The van der Waals surface area contributed by atoms with Gasteiger partial charge in [-0.15, -0.1) is 0 Å². The second kappa shape index (κ2) is 5.21. The highest BCUT2D eigenvalue weighted by Gasteiger charge is 2.07. The molecular formula is C11H17Cl. The molecule has 0 unspecified atom stereocenters. The Morgan fingerprint density at radius 2 is 2.00 bits per heavy atom. The molecule has 0 bridgehead atoms. The van der Waals surface area contributed by atoms with E-state index in [4.69, 9.17) is 11.6 Å². The van der Waals surface area contributed by atoms with Crippen LogP contribution in [0.15, 0.2) is 35.4 Å². The minimum Gasteiger partial charge on any atom is -0.0976 e. The van der Waals surface area contributed by atoms with Crippen LogP contribution in [0, 0.1) is 5.92 Å². The highest BCUT2D eigenvalue weighted by molar-refractivity contribution is 6.31. The van der Waals surface area contributed by atoms with Crippen LogP contribution in [0.3, 0.4) is 0 Å². The van der Waals surface area contributed by atoms with Crippen LogP contribution >= 0.6 is 11.6 Å². The van der Waals surface area contributed by atoms with Gasteiger partial charge in [0.15, 0.2) is 0 Å². The molecule has 0 saturated carbocycles. The van der Waals surface area contributed by atoms with Gasteiger partial charge in [0.25, 0.3) is 0 Å². The molecule has 0 atom stereocenters. The minimum absolute atomic E-state index is 0.452. The van der Waals surface area contributed by atoms with Crippen LogP contribution in [-0.4, -0.2) is 0 Å². The fourth-order valence-electron chi connectivity index (χ4n) is 1.02. The third-order valence-corrected chi connectivity index (χ3v) is 2.29. The molecule has 0 heterocycles. The van der Waals surface area contributed by atoms with Crippen molar-refractivity contribution in [2.24, 2.45) is 5.92 Å². The van der Waals surface area contributed by atoms with Crippen molar-refractivity contribution in [1.29, 1.82) is 0 Å². The van der Waals surface area contributed by atoms with E-state index < -0.39 is 0 Å². The molecule has 0 fully saturated rings. The van der Waals surface area contributed by atoms with Gasteiger partial charge in [-0.05, 0) is 23.5 Å². The lowest BCUT2D eigenvalue weighted by Gasteiger charge is -2.13. The summed E-state index contributed by atoms with van der Waals surface area (Å²) in [4.78, 5) is 0. The number of allylic oxidation sites excluding steroid dienone is 4. The van der Waals surface area contributed by atoms with Crippen molar-refractivity contribution in [1.82, 2.24) is 0 Å². The third-order valence-electron chi connectivity index (χ3n) is 1.91. The summed E-state index contributed by atoms with van der Waals surface area (Å²) in [5.41, 5.74) is 2.24. The summed E-state index contributed by atoms with van der Waals surface area (Å²) in [6.07, 6.45) is 2.59. The molecule has 1 heteroatoms.